The molecule has 3 aromatic carbocycles. The van der Waals surface area contributed by atoms with Gasteiger partial charge >= 0.3 is 0 Å². The molecule has 3 N–H and O–H groups in total. The number of nitrogens with one attached hydrogen (secondary N) is 1. The summed E-state index contributed by atoms with van der Waals surface area (Å²) in [6.45, 7) is 2.51. The van der Waals surface area contributed by atoms with Crippen molar-refractivity contribution >= 4 is 18.7 Å². The van der Waals surface area contributed by atoms with Gasteiger partial charge in [0.2, 0.25) is 6.79 Å². The quantitative estimate of drug-likeness (QED) is 0.424. The van der Waals surface area contributed by atoms with Crippen molar-refractivity contribution in [2.24, 2.45) is 0 Å². The van der Waals surface area contributed by atoms with Crippen LogP contribution < -0.4 is 14.9 Å². The van der Waals surface area contributed by atoms with Gasteiger partial charge in [-0.1, -0.05) is 66.7 Å². The van der Waals surface area contributed by atoms with Gasteiger partial charge in [0.25, 0.3) is 0 Å². The van der Waals surface area contributed by atoms with Crippen LogP contribution in [0.1, 0.15) is 16.7 Å². The van der Waals surface area contributed by atoms with Gasteiger partial charge in [-0.2, -0.15) is 0 Å². The third-order valence-electron chi connectivity index (χ3n) is 4.65. The predicted octanol–water partition coefficient (Wildman–Crippen LogP) is 4.07. The van der Waals surface area contributed by atoms with Crippen molar-refractivity contribution in [3.63, 3.8) is 0 Å². The minimum absolute atomic E-state index is 0. The molecule has 3 aromatic rings. The maximum Gasteiger partial charge on any atom is 0.231 e. The average molecular weight is 423 g/mol. The summed E-state index contributed by atoms with van der Waals surface area (Å²) in [5.41, 5.74) is 7.07. The summed E-state index contributed by atoms with van der Waals surface area (Å²) in [7, 11) is 0. The highest BCUT2D eigenvalue weighted by Gasteiger charge is 2.13. The van der Waals surface area contributed by atoms with Gasteiger partial charge in [0.05, 0.1) is 0 Å². The number of ether oxygens (including phenoxy) is 2. The molecule has 6 heteroatoms. The van der Waals surface area contributed by atoms with Gasteiger partial charge < -0.3 is 14.9 Å². The third kappa shape index (κ3) is 6.11. The fourth-order valence-corrected chi connectivity index (χ4v) is 3.53. The smallest absolute Gasteiger partial charge is 0.231 e. The van der Waals surface area contributed by atoms with Crippen LogP contribution in [0.15, 0.2) is 83.8 Å². The number of hydrogen-bond donors (Lipinski definition) is 2. The Hall–Kier alpha value is -2.77. The van der Waals surface area contributed by atoms with E-state index in [2.05, 4.69) is 65.0 Å². The molecule has 0 fully saturated rings. The summed E-state index contributed by atoms with van der Waals surface area (Å²) < 4.78 is 10.9. The van der Waals surface area contributed by atoms with E-state index in [9.17, 15) is 0 Å². The summed E-state index contributed by atoms with van der Waals surface area (Å²) in [5, 5.41) is 2.19. The van der Waals surface area contributed by atoms with Crippen molar-refractivity contribution in [3.8, 4) is 11.5 Å². The molecule has 1 aliphatic heterocycles. The summed E-state index contributed by atoms with van der Waals surface area (Å²) in [4.78, 5) is 0.959. The molecule has 0 unspecified atom stereocenters. The van der Waals surface area contributed by atoms with Crippen LogP contribution in [0.3, 0.4) is 0 Å². The summed E-state index contributed by atoms with van der Waals surface area (Å²) >= 11 is 4.74. The zero-order chi connectivity index (χ0) is 19.9. The lowest BCUT2D eigenvalue weighted by atomic mass is 10.2. The molecule has 0 spiro atoms. The molecule has 5 nitrogen and oxygen atoms in total. The lowest BCUT2D eigenvalue weighted by molar-refractivity contribution is 0.174. The van der Waals surface area contributed by atoms with Crippen LogP contribution in [-0.2, 0) is 13.1 Å². The van der Waals surface area contributed by atoms with Gasteiger partial charge in [-0.25, -0.2) is 5.01 Å². The fourth-order valence-electron chi connectivity index (χ4n) is 3.21. The van der Waals surface area contributed by atoms with Crippen molar-refractivity contribution in [2.75, 3.05) is 13.3 Å². The average Bonchev–Trinajstić information content (AvgIpc) is 3.21. The molecule has 0 saturated heterocycles. The first-order valence-corrected chi connectivity index (χ1v) is 10.1. The second kappa shape index (κ2) is 10.8. The van der Waals surface area contributed by atoms with Crippen LogP contribution in [0.5, 0.6) is 11.5 Å². The van der Waals surface area contributed by atoms with Crippen LogP contribution in [0, 0.1) is 0 Å². The number of hydrazine groups is 1. The highest BCUT2D eigenvalue weighted by Crippen LogP contribution is 2.33. The molecule has 0 atom stereocenters. The first kappa shape index (κ1) is 21.9. The molecule has 1 heterocycles. The maximum absolute atomic E-state index is 5.47. The van der Waals surface area contributed by atoms with E-state index in [1.54, 1.807) is 0 Å². The number of nitrogens with zero attached hydrogens (tertiary/aromatic N) is 1. The van der Waals surface area contributed by atoms with Gasteiger partial charge in [-0.3, -0.25) is 5.43 Å². The molecule has 0 amide bonds. The predicted molar refractivity (Wildman–Crippen MR) is 123 cm³/mol. The summed E-state index contributed by atoms with van der Waals surface area (Å²) in [6.07, 6.45) is 2.06. The van der Waals surface area contributed by atoms with E-state index < -0.39 is 0 Å². The van der Waals surface area contributed by atoms with Crippen molar-refractivity contribution in [3.05, 3.63) is 100 Å². The standard InChI is InChI=1S/C24H24N2O2S.H2O/c29-22(13-21-11-12-23-24(14-21)28-18-27-23)17-26(16-20-9-5-2-6-10-20)25-15-19-7-3-1-4-8-19;/h1-14,25,29H,15-18H2;1H2/b22-13-;. The lowest BCUT2D eigenvalue weighted by Gasteiger charge is -2.24. The van der Waals surface area contributed by atoms with E-state index in [0.717, 1.165) is 35.1 Å². The lowest BCUT2D eigenvalue weighted by Crippen LogP contribution is -2.37. The van der Waals surface area contributed by atoms with E-state index in [4.69, 9.17) is 22.1 Å². The Bertz CT molecular complexity index is 965. The zero-order valence-corrected chi connectivity index (χ0v) is 17.5. The van der Waals surface area contributed by atoms with Crippen molar-refractivity contribution in [1.29, 1.82) is 0 Å². The highest BCUT2D eigenvalue weighted by atomic mass is 32.1. The Morgan fingerprint density at radius 2 is 1.57 bits per heavy atom. The molecular formula is C24H26N2O3S. The highest BCUT2D eigenvalue weighted by molar-refractivity contribution is 7.84. The molecule has 0 bridgehead atoms. The Morgan fingerprint density at radius 1 is 0.900 bits per heavy atom. The van der Waals surface area contributed by atoms with Crippen LogP contribution >= 0.6 is 12.6 Å². The van der Waals surface area contributed by atoms with Crippen LogP contribution in [0.4, 0.5) is 0 Å². The van der Waals surface area contributed by atoms with Crippen molar-refractivity contribution in [1.82, 2.24) is 10.4 Å². The summed E-state index contributed by atoms with van der Waals surface area (Å²) in [6, 6.07) is 26.8. The van der Waals surface area contributed by atoms with Gasteiger partial charge in [-0.15, -0.1) is 12.6 Å². The minimum atomic E-state index is 0. The number of fused-ring (bicyclic) bond motifs is 1. The van der Waals surface area contributed by atoms with Crippen LogP contribution in [-0.4, -0.2) is 23.8 Å². The maximum atomic E-state index is 5.47. The molecule has 4 rings (SSSR count). The second-order valence-corrected chi connectivity index (χ2v) is 7.48. The molecule has 0 aromatic heterocycles. The molecule has 0 aliphatic carbocycles. The number of rotatable bonds is 8. The van der Waals surface area contributed by atoms with Crippen molar-refractivity contribution < 1.29 is 14.9 Å². The van der Waals surface area contributed by atoms with Gasteiger partial charge in [0.1, 0.15) is 0 Å². The van der Waals surface area contributed by atoms with Crippen molar-refractivity contribution in [2.45, 2.75) is 13.1 Å². The number of thiol groups is 1. The normalized spacial score (nSPS) is 12.7. The summed E-state index contributed by atoms with van der Waals surface area (Å²) in [5.74, 6) is 1.57. The van der Waals surface area contributed by atoms with Gasteiger partial charge in [0.15, 0.2) is 11.5 Å². The fraction of sp³-hybridized carbons (Fsp3) is 0.167. The monoisotopic (exact) mass is 422 g/mol. The van der Waals surface area contributed by atoms with E-state index >= 15 is 0 Å². The first-order valence-electron chi connectivity index (χ1n) is 9.62. The molecule has 0 radical (unpaired) electrons. The molecule has 156 valence electrons. The van der Waals surface area contributed by atoms with Gasteiger partial charge in [0, 0.05) is 19.6 Å². The largest absolute Gasteiger partial charge is 0.454 e. The Kier molecular flexibility index (Phi) is 7.93. The number of hydrogen-bond acceptors (Lipinski definition) is 5. The Morgan fingerprint density at radius 3 is 2.30 bits per heavy atom. The first-order chi connectivity index (χ1) is 14.3. The van der Waals surface area contributed by atoms with E-state index in [-0.39, 0.29) is 12.3 Å². The second-order valence-electron chi connectivity index (χ2n) is 6.91. The molecule has 1 aliphatic rings. The topological polar surface area (TPSA) is 65.2 Å². The van der Waals surface area contributed by atoms with E-state index in [1.807, 2.05) is 30.3 Å². The van der Waals surface area contributed by atoms with E-state index in [1.165, 1.54) is 11.1 Å². The van der Waals surface area contributed by atoms with Crippen LogP contribution in [0.2, 0.25) is 0 Å². The molecule has 0 saturated carbocycles. The molecular weight excluding hydrogens is 396 g/mol. The Balaban J connectivity index is 0.00000256. The third-order valence-corrected chi connectivity index (χ3v) is 4.92. The Labute approximate surface area is 182 Å². The zero-order valence-electron chi connectivity index (χ0n) is 16.6. The number of benzene rings is 3. The van der Waals surface area contributed by atoms with Crippen LogP contribution in [0.25, 0.3) is 6.08 Å². The van der Waals surface area contributed by atoms with E-state index in [0.29, 0.717) is 6.54 Å². The SMILES string of the molecule is O.S/C(=C\c1ccc2c(c1)OCO2)CN(Cc1ccccc1)NCc1ccccc1. The van der Waals surface area contributed by atoms with Gasteiger partial charge in [-0.05, 0) is 39.8 Å². The molecule has 30 heavy (non-hydrogen) atoms. The minimum Gasteiger partial charge on any atom is -0.454 e.